The number of nitrogens with one attached hydrogen (secondary N) is 2. The number of fused-ring (bicyclic) bond motifs is 1. The van der Waals surface area contributed by atoms with E-state index in [1.807, 2.05) is 37.3 Å². The number of nitrogens with zero attached hydrogens (tertiary/aromatic N) is 4. The molecule has 2 aromatic carbocycles. The van der Waals surface area contributed by atoms with Crippen LogP contribution in [-0.2, 0) is 17.9 Å². The van der Waals surface area contributed by atoms with Crippen molar-refractivity contribution in [3.05, 3.63) is 80.2 Å². The highest BCUT2D eigenvalue weighted by atomic mass is 35.5. The zero-order valence-corrected chi connectivity index (χ0v) is 20.1. The fourth-order valence-corrected chi connectivity index (χ4v) is 3.72. The SMILES string of the molecule is CC(=O)NCCn1c(=O)c(-c2ccc(C)cc2)nc2cnc(NCc3ccc(Cl)c(Cl)c3)nc21. The second-order valence-corrected chi connectivity index (χ2v) is 8.59. The summed E-state index contributed by atoms with van der Waals surface area (Å²) in [4.78, 5) is 38.2. The molecule has 2 N–H and O–H groups in total. The molecule has 2 aromatic heterocycles. The van der Waals surface area contributed by atoms with Crippen LogP contribution in [0.3, 0.4) is 0 Å². The van der Waals surface area contributed by atoms with Gasteiger partial charge in [0, 0.05) is 32.1 Å². The number of rotatable bonds is 7. The number of carbonyl (C=O) groups excluding carboxylic acids is 1. The summed E-state index contributed by atoms with van der Waals surface area (Å²) in [6.07, 6.45) is 1.57. The predicted molar refractivity (Wildman–Crippen MR) is 134 cm³/mol. The van der Waals surface area contributed by atoms with Crippen molar-refractivity contribution in [1.29, 1.82) is 0 Å². The van der Waals surface area contributed by atoms with Crippen molar-refractivity contribution < 1.29 is 4.79 Å². The van der Waals surface area contributed by atoms with Crippen LogP contribution in [0.4, 0.5) is 5.95 Å². The van der Waals surface area contributed by atoms with Crippen molar-refractivity contribution in [2.75, 3.05) is 11.9 Å². The molecule has 34 heavy (non-hydrogen) atoms. The van der Waals surface area contributed by atoms with Crippen LogP contribution in [0.2, 0.25) is 10.0 Å². The van der Waals surface area contributed by atoms with Crippen molar-refractivity contribution >= 4 is 46.2 Å². The lowest BCUT2D eigenvalue weighted by Gasteiger charge is -2.13. The molecule has 0 saturated carbocycles. The van der Waals surface area contributed by atoms with Gasteiger partial charge in [-0.3, -0.25) is 14.2 Å². The van der Waals surface area contributed by atoms with Crippen LogP contribution >= 0.6 is 23.2 Å². The van der Waals surface area contributed by atoms with Crippen LogP contribution < -0.4 is 16.2 Å². The molecule has 0 atom stereocenters. The predicted octanol–water partition coefficient (Wildman–Crippen LogP) is 4.22. The molecule has 174 valence electrons. The summed E-state index contributed by atoms with van der Waals surface area (Å²) in [5, 5.41) is 6.79. The van der Waals surface area contributed by atoms with Crippen LogP contribution in [0.5, 0.6) is 0 Å². The lowest BCUT2D eigenvalue weighted by atomic mass is 10.1. The van der Waals surface area contributed by atoms with Gasteiger partial charge in [0.1, 0.15) is 11.2 Å². The van der Waals surface area contributed by atoms with Gasteiger partial charge in [-0.05, 0) is 24.6 Å². The summed E-state index contributed by atoms with van der Waals surface area (Å²) < 4.78 is 1.51. The molecule has 4 aromatic rings. The molecule has 0 fully saturated rings. The van der Waals surface area contributed by atoms with E-state index in [0.29, 0.717) is 45.0 Å². The first-order chi connectivity index (χ1) is 16.3. The fourth-order valence-electron chi connectivity index (χ4n) is 3.40. The van der Waals surface area contributed by atoms with Gasteiger partial charge in [-0.1, -0.05) is 59.1 Å². The molecule has 0 bridgehead atoms. The van der Waals surface area contributed by atoms with Gasteiger partial charge in [0.2, 0.25) is 11.9 Å². The van der Waals surface area contributed by atoms with E-state index in [-0.39, 0.29) is 24.6 Å². The van der Waals surface area contributed by atoms with Crippen LogP contribution in [0.25, 0.3) is 22.4 Å². The van der Waals surface area contributed by atoms with Gasteiger partial charge in [0.25, 0.3) is 5.56 Å². The van der Waals surface area contributed by atoms with Crippen LogP contribution in [0.1, 0.15) is 18.1 Å². The van der Waals surface area contributed by atoms with E-state index < -0.39 is 0 Å². The van der Waals surface area contributed by atoms with Crippen molar-refractivity contribution in [2.24, 2.45) is 0 Å². The van der Waals surface area contributed by atoms with Crippen molar-refractivity contribution in [2.45, 2.75) is 26.9 Å². The summed E-state index contributed by atoms with van der Waals surface area (Å²) >= 11 is 12.1. The lowest BCUT2D eigenvalue weighted by Crippen LogP contribution is -2.31. The Bertz CT molecular complexity index is 1420. The summed E-state index contributed by atoms with van der Waals surface area (Å²) in [6, 6.07) is 12.9. The number of benzene rings is 2. The molecule has 8 nitrogen and oxygen atoms in total. The third-order valence-corrected chi connectivity index (χ3v) is 5.89. The molecule has 0 aliphatic rings. The maximum Gasteiger partial charge on any atom is 0.278 e. The van der Waals surface area contributed by atoms with Gasteiger partial charge in [-0.2, -0.15) is 4.98 Å². The topological polar surface area (TPSA) is 102 Å². The van der Waals surface area contributed by atoms with Crippen LogP contribution in [0.15, 0.2) is 53.5 Å². The van der Waals surface area contributed by atoms with E-state index in [1.165, 1.54) is 11.5 Å². The average Bonchev–Trinajstić information content (AvgIpc) is 2.81. The molecule has 1 amide bonds. The summed E-state index contributed by atoms with van der Waals surface area (Å²) in [5.41, 5.74) is 3.53. The highest BCUT2D eigenvalue weighted by molar-refractivity contribution is 6.42. The van der Waals surface area contributed by atoms with E-state index in [4.69, 9.17) is 23.2 Å². The number of carbonyl (C=O) groups is 1. The normalized spacial score (nSPS) is 10.9. The number of halogens is 2. The van der Waals surface area contributed by atoms with Gasteiger partial charge in [0.15, 0.2) is 5.65 Å². The Morgan fingerprint density at radius 3 is 2.53 bits per heavy atom. The number of hydrogen-bond acceptors (Lipinski definition) is 6. The number of aromatic nitrogens is 4. The van der Waals surface area contributed by atoms with Gasteiger partial charge < -0.3 is 10.6 Å². The Balaban J connectivity index is 1.72. The molecule has 0 saturated heterocycles. The second kappa shape index (κ2) is 10.2. The maximum absolute atomic E-state index is 13.4. The zero-order chi connectivity index (χ0) is 24.2. The zero-order valence-electron chi connectivity index (χ0n) is 18.6. The van der Waals surface area contributed by atoms with E-state index in [0.717, 1.165) is 11.1 Å². The largest absolute Gasteiger partial charge is 0.355 e. The third-order valence-electron chi connectivity index (χ3n) is 5.15. The minimum atomic E-state index is -0.296. The number of anilines is 1. The Morgan fingerprint density at radius 1 is 1.06 bits per heavy atom. The van der Waals surface area contributed by atoms with Crippen molar-refractivity contribution in [3.8, 4) is 11.3 Å². The molecule has 0 radical (unpaired) electrons. The monoisotopic (exact) mass is 496 g/mol. The first-order valence-corrected chi connectivity index (χ1v) is 11.3. The Kier molecular flexibility index (Phi) is 7.09. The van der Waals surface area contributed by atoms with Crippen molar-refractivity contribution in [3.63, 3.8) is 0 Å². The molecule has 2 heterocycles. The Hall–Kier alpha value is -3.49. The quantitative estimate of drug-likeness (QED) is 0.397. The van der Waals surface area contributed by atoms with Crippen LogP contribution in [-0.4, -0.2) is 32.0 Å². The smallest absolute Gasteiger partial charge is 0.278 e. The first-order valence-electron chi connectivity index (χ1n) is 10.6. The first kappa shape index (κ1) is 23.7. The lowest BCUT2D eigenvalue weighted by molar-refractivity contribution is -0.118. The average molecular weight is 497 g/mol. The molecular formula is C24H22Cl2N6O2. The van der Waals surface area contributed by atoms with Gasteiger partial charge in [-0.15, -0.1) is 0 Å². The van der Waals surface area contributed by atoms with E-state index in [9.17, 15) is 9.59 Å². The number of amides is 1. The molecule has 0 spiro atoms. The molecule has 4 rings (SSSR count). The molecule has 0 unspecified atom stereocenters. The minimum absolute atomic E-state index is 0.177. The van der Waals surface area contributed by atoms with Crippen molar-refractivity contribution in [1.82, 2.24) is 24.8 Å². The highest BCUT2D eigenvalue weighted by Gasteiger charge is 2.15. The standard InChI is InChI=1S/C24H22Cl2N6O2/c1-14-3-6-17(7-4-14)21-23(34)32(10-9-27-15(2)33)22-20(30-21)13-29-24(31-22)28-12-16-5-8-18(25)19(26)11-16/h3-8,11,13H,9-10,12H2,1-2H3,(H,27,33)(H,28,29,31). The van der Waals surface area contributed by atoms with Gasteiger partial charge >= 0.3 is 0 Å². The second-order valence-electron chi connectivity index (χ2n) is 7.77. The molecule has 0 aliphatic heterocycles. The summed E-state index contributed by atoms with van der Waals surface area (Å²) in [5.74, 6) is 0.153. The van der Waals surface area contributed by atoms with E-state index in [2.05, 4.69) is 25.6 Å². The van der Waals surface area contributed by atoms with Gasteiger partial charge in [0.05, 0.1) is 16.2 Å². The van der Waals surface area contributed by atoms with E-state index in [1.54, 1.807) is 18.3 Å². The summed E-state index contributed by atoms with van der Waals surface area (Å²) in [6.45, 7) is 4.33. The van der Waals surface area contributed by atoms with E-state index >= 15 is 0 Å². The Labute approximate surface area is 206 Å². The maximum atomic E-state index is 13.4. The Morgan fingerprint density at radius 2 is 1.82 bits per heavy atom. The van der Waals surface area contributed by atoms with Gasteiger partial charge in [-0.25, -0.2) is 9.97 Å². The fraction of sp³-hybridized carbons (Fsp3) is 0.208. The number of aryl methyl sites for hydroxylation is 1. The summed E-state index contributed by atoms with van der Waals surface area (Å²) in [7, 11) is 0. The molecular weight excluding hydrogens is 475 g/mol. The molecule has 0 aliphatic carbocycles. The molecule has 10 heteroatoms. The highest BCUT2D eigenvalue weighted by Crippen LogP contribution is 2.23. The number of hydrogen-bond donors (Lipinski definition) is 2. The third kappa shape index (κ3) is 5.35. The minimum Gasteiger partial charge on any atom is -0.355 e. The van der Waals surface area contributed by atoms with Crippen LogP contribution in [0, 0.1) is 6.92 Å².